The first-order valence-electron chi connectivity index (χ1n) is 6.25. The summed E-state index contributed by atoms with van der Waals surface area (Å²) in [6.45, 7) is 0. The second-order valence-electron chi connectivity index (χ2n) is 4.73. The fraction of sp³-hybridized carbons (Fsp3) is 0. The number of halogens is 2. The van der Waals surface area contributed by atoms with Crippen molar-refractivity contribution in [3.8, 4) is 0 Å². The van der Waals surface area contributed by atoms with Crippen molar-refractivity contribution in [2.24, 2.45) is 0 Å². The van der Waals surface area contributed by atoms with Gasteiger partial charge in [-0.1, -0.05) is 12.1 Å². The van der Waals surface area contributed by atoms with Crippen LogP contribution in [0.4, 0.5) is 8.78 Å². The third-order valence-electron chi connectivity index (χ3n) is 3.42. The van der Waals surface area contributed by atoms with Crippen molar-refractivity contribution in [2.75, 3.05) is 0 Å². The molecule has 4 aromatic rings. The molecule has 102 valence electrons. The minimum Gasteiger partial charge on any atom is -0.422 e. The van der Waals surface area contributed by atoms with Crippen molar-refractivity contribution < 1.29 is 13.2 Å². The topological polar surface area (TPSA) is 43.1 Å². The van der Waals surface area contributed by atoms with Crippen LogP contribution < -0.4 is 5.63 Å². The van der Waals surface area contributed by atoms with Gasteiger partial charge in [-0.25, -0.2) is 18.6 Å². The minimum atomic E-state index is -0.978. The third-order valence-corrected chi connectivity index (χ3v) is 3.42. The van der Waals surface area contributed by atoms with Crippen LogP contribution >= 0.6 is 0 Å². The van der Waals surface area contributed by atoms with Crippen molar-refractivity contribution in [1.82, 2.24) is 4.98 Å². The van der Waals surface area contributed by atoms with E-state index in [1.165, 1.54) is 6.07 Å². The van der Waals surface area contributed by atoms with Gasteiger partial charge in [-0.05, 0) is 24.3 Å². The molecule has 0 aliphatic carbocycles. The summed E-state index contributed by atoms with van der Waals surface area (Å²) in [4.78, 5) is 16.3. The van der Waals surface area contributed by atoms with Gasteiger partial charge in [0.25, 0.3) is 0 Å². The largest absolute Gasteiger partial charge is 0.422 e. The van der Waals surface area contributed by atoms with Gasteiger partial charge < -0.3 is 4.42 Å². The van der Waals surface area contributed by atoms with E-state index in [4.69, 9.17) is 4.42 Å². The number of rotatable bonds is 0. The lowest BCUT2D eigenvalue weighted by atomic mass is 10.1. The highest BCUT2D eigenvalue weighted by Crippen LogP contribution is 2.25. The van der Waals surface area contributed by atoms with E-state index in [-0.39, 0.29) is 10.9 Å². The van der Waals surface area contributed by atoms with Gasteiger partial charge in [-0.15, -0.1) is 0 Å². The summed E-state index contributed by atoms with van der Waals surface area (Å²) in [5.74, 6) is -1.95. The molecule has 5 heteroatoms. The molecule has 21 heavy (non-hydrogen) atoms. The molecule has 0 N–H and O–H groups in total. The summed E-state index contributed by atoms with van der Waals surface area (Å²) in [6.07, 6.45) is 0. The second kappa shape index (κ2) is 4.09. The smallest absolute Gasteiger partial charge is 0.345 e. The SMILES string of the molecule is O=c1oc2ccccc2c2nc3cc(F)c(F)cc3cc12. The summed E-state index contributed by atoms with van der Waals surface area (Å²) < 4.78 is 31.9. The molecule has 0 bridgehead atoms. The van der Waals surface area contributed by atoms with Crippen LogP contribution in [-0.4, -0.2) is 4.98 Å². The van der Waals surface area contributed by atoms with Crippen LogP contribution in [0.15, 0.2) is 51.7 Å². The number of benzene rings is 2. The molecule has 0 aliphatic rings. The molecule has 0 spiro atoms. The molecule has 2 heterocycles. The Labute approximate surface area is 116 Å². The molecular weight excluding hydrogens is 276 g/mol. The van der Waals surface area contributed by atoms with Crippen molar-refractivity contribution in [2.45, 2.75) is 0 Å². The zero-order valence-electron chi connectivity index (χ0n) is 10.6. The number of hydrogen-bond donors (Lipinski definition) is 0. The Kier molecular flexibility index (Phi) is 2.33. The molecule has 0 unspecified atom stereocenters. The van der Waals surface area contributed by atoms with E-state index in [9.17, 15) is 13.6 Å². The van der Waals surface area contributed by atoms with Gasteiger partial charge in [0.2, 0.25) is 0 Å². The highest BCUT2D eigenvalue weighted by Gasteiger charge is 2.12. The lowest BCUT2D eigenvalue weighted by Gasteiger charge is -2.04. The highest BCUT2D eigenvalue weighted by molar-refractivity contribution is 6.05. The molecule has 0 radical (unpaired) electrons. The molecule has 2 aromatic carbocycles. The van der Waals surface area contributed by atoms with Crippen LogP contribution in [0.2, 0.25) is 0 Å². The van der Waals surface area contributed by atoms with Gasteiger partial charge in [-0.3, -0.25) is 0 Å². The fourth-order valence-corrected chi connectivity index (χ4v) is 2.44. The Bertz CT molecular complexity index is 1090. The number of fused-ring (bicyclic) bond motifs is 4. The summed E-state index contributed by atoms with van der Waals surface area (Å²) in [5, 5.41) is 1.25. The molecular formula is C16H7F2NO2. The van der Waals surface area contributed by atoms with Crippen LogP contribution in [0.25, 0.3) is 32.8 Å². The molecule has 0 atom stereocenters. The molecule has 0 fully saturated rings. The normalized spacial score (nSPS) is 11.5. The Balaban J connectivity index is 2.28. The zero-order chi connectivity index (χ0) is 14.6. The highest BCUT2D eigenvalue weighted by atomic mass is 19.2. The van der Waals surface area contributed by atoms with Crippen LogP contribution in [-0.2, 0) is 0 Å². The Morgan fingerprint density at radius 1 is 0.952 bits per heavy atom. The van der Waals surface area contributed by atoms with Crippen molar-refractivity contribution >= 4 is 32.8 Å². The monoisotopic (exact) mass is 283 g/mol. The van der Waals surface area contributed by atoms with E-state index in [0.29, 0.717) is 21.9 Å². The molecule has 0 aliphatic heterocycles. The number of para-hydroxylation sites is 1. The first-order valence-corrected chi connectivity index (χ1v) is 6.25. The van der Waals surface area contributed by atoms with Gasteiger partial charge in [0.05, 0.1) is 16.4 Å². The van der Waals surface area contributed by atoms with Gasteiger partial charge in [0.15, 0.2) is 11.6 Å². The Hall–Kier alpha value is -2.82. The molecule has 0 amide bonds. The van der Waals surface area contributed by atoms with Gasteiger partial charge in [0.1, 0.15) is 5.58 Å². The standard InChI is InChI=1S/C16H7F2NO2/c17-11-6-8-5-10-15(19-13(8)7-12(11)18)9-3-1-2-4-14(9)21-16(10)20/h1-7H. The average molecular weight is 283 g/mol. The van der Waals surface area contributed by atoms with Crippen LogP contribution in [0.3, 0.4) is 0 Å². The zero-order valence-corrected chi connectivity index (χ0v) is 10.6. The fourth-order valence-electron chi connectivity index (χ4n) is 2.44. The average Bonchev–Trinajstić information content (AvgIpc) is 2.47. The third kappa shape index (κ3) is 1.71. The predicted molar refractivity (Wildman–Crippen MR) is 75.2 cm³/mol. The van der Waals surface area contributed by atoms with Crippen LogP contribution in [0, 0.1) is 11.6 Å². The molecule has 4 rings (SSSR count). The number of pyridine rings is 1. The van der Waals surface area contributed by atoms with Crippen molar-refractivity contribution in [3.05, 3.63) is 64.5 Å². The predicted octanol–water partition coefficient (Wildman–Crippen LogP) is 3.77. The molecule has 0 saturated carbocycles. The number of aromatic nitrogens is 1. The summed E-state index contributed by atoms with van der Waals surface area (Å²) in [6, 6.07) is 10.5. The van der Waals surface area contributed by atoms with Gasteiger partial charge in [0, 0.05) is 16.8 Å². The maximum absolute atomic E-state index is 13.3. The van der Waals surface area contributed by atoms with Crippen molar-refractivity contribution in [1.29, 1.82) is 0 Å². The van der Waals surface area contributed by atoms with E-state index in [0.717, 1.165) is 12.1 Å². The quantitative estimate of drug-likeness (QED) is 0.280. The lowest BCUT2D eigenvalue weighted by molar-refractivity contribution is 0.510. The van der Waals surface area contributed by atoms with E-state index < -0.39 is 17.3 Å². The summed E-state index contributed by atoms with van der Waals surface area (Å²) in [5.41, 5.74) is 0.560. The van der Waals surface area contributed by atoms with E-state index in [2.05, 4.69) is 4.98 Å². The Morgan fingerprint density at radius 2 is 1.71 bits per heavy atom. The Morgan fingerprint density at radius 3 is 2.57 bits per heavy atom. The van der Waals surface area contributed by atoms with Crippen LogP contribution in [0.1, 0.15) is 0 Å². The minimum absolute atomic E-state index is 0.243. The molecule has 3 nitrogen and oxygen atoms in total. The number of hydrogen-bond acceptors (Lipinski definition) is 3. The summed E-state index contributed by atoms with van der Waals surface area (Å²) >= 11 is 0. The van der Waals surface area contributed by atoms with E-state index in [1.54, 1.807) is 24.3 Å². The van der Waals surface area contributed by atoms with Crippen molar-refractivity contribution in [3.63, 3.8) is 0 Å². The number of nitrogens with zero attached hydrogens (tertiary/aromatic N) is 1. The maximum atomic E-state index is 13.3. The first-order chi connectivity index (χ1) is 10.1. The molecule has 2 aromatic heterocycles. The van der Waals surface area contributed by atoms with Crippen LogP contribution in [0.5, 0.6) is 0 Å². The molecule has 0 saturated heterocycles. The van der Waals surface area contributed by atoms with Gasteiger partial charge in [-0.2, -0.15) is 0 Å². The first kappa shape index (κ1) is 12.0. The van der Waals surface area contributed by atoms with E-state index >= 15 is 0 Å². The second-order valence-corrected chi connectivity index (χ2v) is 4.73. The van der Waals surface area contributed by atoms with Gasteiger partial charge >= 0.3 is 5.63 Å². The maximum Gasteiger partial charge on any atom is 0.345 e. The lowest BCUT2D eigenvalue weighted by Crippen LogP contribution is -2.01. The van der Waals surface area contributed by atoms with E-state index in [1.807, 2.05) is 0 Å². The summed E-state index contributed by atoms with van der Waals surface area (Å²) in [7, 11) is 0.